The zero-order chi connectivity index (χ0) is 21.6. The highest BCUT2D eigenvalue weighted by Crippen LogP contribution is 2.20. The summed E-state index contributed by atoms with van der Waals surface area (Å²) in [5, 5.41) is 7.50. The lowest BCUT2D eigenvalue weighted by atomic mass is 10.3. The van der Waals surface area contributed by atoms with Crippen LogP contribution in [0.1, 0.15) is 16.3 Å². The van der Waals surface area contributed by atoms with E-state index in [-0.39, 0.29) is 25.0 Å². The molecule has 2 heterocycles. The lowest BCUT2D eigenvalue weighted by Crippen LogP contribution is -2.10. The summed E-state index contributed by atoms with van der Waals surface area (Å²) in [6, 6.07) is 17.8. The predicted octanol–water partition coefficient (Wildman–Crippen LogP) is 5.76. The van der Waals surface area contributed by atoms with Gasteiger partial charge in [-0.2, -0.15) is 5.10 Å². The van der Waals surface area contributed by atoms with Crippen molar-refractivity contribution < 1.29 is 18.7 Å². The molecule has 0 radical (unpaired) electrons. The first-order valence-corrected chi connectivity index (χ1v) is 10.4. The second kappa shape index (κ2) is 9.72. The van der Waals surface area contributed by atoms with E-state index in [0.29, 0.717) is 28.0 Å². The topological polar surface area (TPSA) is 78.5 Å². The van der Waals surface area contributed by atoms with Crippen LogP contribution in [-0.2, 0) is 13.3 Å². The monoisotopic (exact) mass is 501 g/mol. The Hall–Kier alpha value is -3.23. The van der Waals surface area contributed by atoms with Crippen LogP contribution in [0.25, 0.3) is 0 Å². The van der Waals surface area contributed by atoms with Crippen molar-refractivity contribution in [2.75, 3.05) is 5.32 Å². The molecule has 1 N–H and O–H groups in total. The normalized spacial score (nSPS) is 10.6. The number of amides is 1. The predicted molar refractivity (Wildman–Crippen MR) is 119 cm³/mol. The van der Waals surface area contributed by atoms with Crippen LogP contribution in [-0.4, -0.2) is 15.7 Å². The van der Waals surface area contributed by atoms with Crippen molar-refractivity contribution in [1.82, 2.24) is 9.78 Å². The number of ether oxygens (including phenoxy) is 2. The summed E-state index contributed by atoms with van der Waals surface area (Å²) < 4.78 is 19.4. The number of hydrogen-bond acceptors (Lipinski definition) is 5. The number of anilines is 1. The molecule has 0 saturated heterocycles. The number of hydrogen-bond donors (Lipinski definition) is 1. The molecule has 1 amide bonds. The summed E-state index contributed by atoms with van der Waals surface area (Å²) in [6.07, 6.45) is 3.21. The zero-order valence-corrected chi connectivity index (χ0v) is 18.5. The highest BCUT2D eigenvalue weighted by Gasteiger charge is 2.13. The Balaban J connectivity index is 1.29. The number of rotatable bonds is 8. The van der Waals surface area contributed by atoms with Crippen molar-refractivity contribution in [2.24, 2.45) is 0 Å². The minimum Gasteiger partial charge on any atom is -0.486 e. The molecule has 4 rings (SSSR count). The standard InChI is InChI=1S/C22H17BrClN3O4/c23-15-4-6-18(7-5-15)30-14-27-12-17(11-25-27)26-22(28)21-9-8-20(31-21)13-29-19-3-1-2-16(24)10-19/h1-12H,13-14H2,(H,26,28). The number of halogens is 2. The van der Waals surface area contributed by atoms with Crippen molar-refractivity contribution in [3.8, 4) is 11.5 Å². The molecule has 2 aromatic carbocycles. The summed E-state index contributed by atoms with van der Waals surface area (Å²) in [5.74, 6) is 1.63. The largest absolute Gasteiger partial charge is 0.486 e. The van der Waals surface area contributed by atoms with Crippen molar-refractivity contribution in [3.05, 3.63) is 94.1 Å². The van der Waals surface area contributed by atoms with E-state index in [1.54, 1.807) is 47.3 Å². The molecule has 0 bridgehead atoms. The molecule has 0 aliphatic heterocycles. The van der Waals surface area contributed by atoms with Crippen LogP contribution in [0.2, 0.25) is 5.02 Å². The fourth-order valence-electron chi connectivity index (χ4n) is 2.65. The van der Waals surface area contributed by atoms with Gasteiger partial charge >= 0.3 is 0 Å². The van der Waals surface area contributed by atoms with Gasteiger partial charge in [-0.3, -0.25) is 4.79 Å². The zero-order valence-electron chi connectivity index (χ0n) is 16.1. The number of carbonyl (C=O) groups excluding carboxylic acids is 1. The molecular formula is C22H17BrClN3O4. The minimum absolute atomic E-state index is 0.170. The SMILES string of the molecule is O=C(Nc1cnn(COc2ccc(Br)cc2)c1)c1ccc(COc2cccc(Cl)c2)o1. The third-order valence-corrected chi connectivity index (χ3v) is 4.89. The first-order chi connectivity index (χ1) is 15.0. The first kappa shape index (κ1) is 21.0. The van der Waals surface area contributed by atoms with Crippen LogP contribution >= 0.6 is 27.5 Å². The second-order valence-corrected chi connectivity index (χ2v) is 7.81. The molecule has 0 unspecified atom stereocenters. The summed E-state index contributed by atoms with van der Waals surface area (Å²) >= 11 is 9.31. The molecule has 0 fully saturated rings. The molecule has 0 aliphatic rings. The quantitative estimate of drug-likeness (QED) is 0.331. The van der Waals surface area contributed by atoms with Gasteiger partial charge in [-0.25, -0.2) is 4.68 Å². The van der Waals surface area contributed by atoms with E-state index < -0.39 is 0 Å². The Bertz CT molecular complexity index is 1170. The van der Waals surface area contributed by atoms with Gasteiger partial charge in [-0.15, -0.1) is 0 Å². The molecule has 0 spiro atoms. The Kier molecular flexibility index (Phi) is 6.59. The van der Waals surface area contributed by atoms with Crippen LogP contribution in [0.3, 0.4) is 0 Å². The third kappa shape index (κ3) is 5.90. The van der Waals surface area contributed by atoms with Crippen molar-refractivity contribution in [3.63, 3.8) is 0 Å². The Morgan fingerprint density at radius 1 is 1.10 bits per heavy atom. The van der Waals surface area contributed by atoms with Crippen LogP contribution < -0.4 is 14.8 Å². The van der Waals surface area contributed by atoms with Gasteiger partial charge in [0.1, 0.15) is 23.9 Å². The molecule has 0 aliphatic carbocycles. The average molecular weight is 503 g/mol. The van der Waals surface area contributed by atoms with Crippen LogP contribution in [0.5, 0.6) is 11.5 Å². The Labute approximate surface area is 191 Å². The van der Waals surface area contributed by atoms with E-state index in [1.165, 1.54) is 6.20 Å². The molecule has 0 saturated carbocycles. The summed E-state index contributed by atoms with van der Waals surface area (Å²) in [5.41, 5.74) is 0.525. The minimum atomic E-state index is -0.387. The van der Waals surface area contributed by atoms with Crippen LogP contribution in [0, 0.1) is 0 Å². The molecule has 7 nitrogen and oxygen atoms in total. The lowest BCUT2D eigenvalue weighted by molar-refractivity contribution is 0.0992. The van der Waals surface area contributed by atoms with Gasteiger partial charge in [-0.05, 0) is 54.6 Å². The Morgan fingerprint density at radius 3 is 2.74 bits per heavy atom. The molecule has 31 heavy (non-hydrogen) atoms. The van der Waals surface area contributed by atoms with Gasteiger partial charge in [0.15, 0.2) is 12.5 Å². The molecule has 9 heteroatoms. The number of nitrogens with zero attached hydrogens (tertiary/aromatic N) is 2. The second-order valence-electron chi connectivity index (χ2n) is 6.46. The van der Waals surface area contributed by atoms with E-state index in [0.717, 1.165) is 4.47 Å². The van der Waals surface area contributed by atoms with E-state index in [4.69, 9.17) is 25.5 Å². The summed E-state index contributed by atoms with van der Waals surface area (Å²) in [4.78, 5) is 12.4. The van der Waals surface area contributed by atoms with Crippen molar-refractivity contribution in [1.29, 1.82) is 0 Å². The van der Waals surface area contributed by atoms with E-state index in [9.17, 15) is 4.79 Å². The molecular weight excluding hydrogens is 486 g/mol. The fraction of sp³-hybridized carbons (Fsp3) is 0.0909. The number of aromatic nitrogens is 2. The van der Waals surface area contributed by atoms with Gasteiger partial charge in [0.2, 0.25) is 0 Å². The van der Waals surface area contributed by atoms with Gasteiger partial charge in [0.05, 0.1) is 18.1 Å². The maximum Gasteiger partial charge on any atom is 0.291 e. The van der Waals surface area contributed by atoms with E-state index in [1.807, 2.05) is 24.3 Å². The van der Waals surface area contributed by atoms with E-state index in [2.05, 4.69) is 26.3 Å². The van der Waals surface area contributed by atoms with Gasteiger partial charge in [-0.1, -0.05) is 33.6 Å². The molecule has 0 atom stereocenters. The number of carbonyl (C=O) groups is 1. The van der Waals surface area contributed by atoms with Crippen molar-refractivity contribution in [2.45, 2.75) is 13.3 Å². The third-order valence-electron chi connectivity index (χ3n) is 4.13. The highest BCUT2D eigenvalue weighted by molar-refractivity contribution is 9.10. The maximum atomic E-state index is 12.4. The maximum absolute atomic E-state index is 12.4. The van der Waals surface area contributed by atoms with Gasteiger partial charge in [0.25, 0.3) is 5.91 Å². The first-order valence-electron chi connectivity index (χ1n) is 9.24. The number of benzene rings is 2. The Morgan fingerprint density at radius 2 is 1.94 bits per heavy atom. The average Bonchev–Trinajstić information content (AvgIpc) is 3.41. The smallest absolute Gasteiger partial charge is 0.291 e. The van der Waals surface area contributed by atoms with Crippen molar-refractivity contribution >= 4 is 39.1 Å². The van der Waals surface area contributed by atoms with Gasteiger partial charge < -0.3 is 19.2 Å². The summed E-state index contributed by atoms with van der Waals surface area (Å²) in [6.45, 7) is 0.391. The fourth-order valence-corrected chi connectivity index (χ4v) is 3.10. The summed E-state index contributed by atoms with van der Waals surface area (Å²) in [7, 11) is 0. The van der Waals surface area contributed by atoms with Crippen LogP contribution in [0.4, 0.5) is 5.69 Å². The van der Waals surface area contributed by atoms with Crippen LogP contribution in [0.15, 0.2) is 81.9 Å². The molecule has 158 valence electrons. The highest BCUT2D eigenvalue weighted by atomic mass is 79.9. The number of nitrogens with one attached hydrogen (secondary N) is 1. The molecule has 4 aromatic rings. The van der Waals surface area contributed by atoms with E-state index >= 15 is 0 Å². The number of furan rings is 1. The lowest BCUT2D eigenvalue weighted by Gasteiger charge is -2.06. The van der Waals surface area contributed by atoms with Gasteiger partial charge in [0, 0.05) is 9.50 Å². The molecule has 2 aromatic heterocycles.